The van der Waals surface area contributed by atoms with Crippen LogP contribution in [-0.2, 0) is 6.54 Å². The first kappa shape index (κ1) is 14.5. The molecule has 1 aliphatic heterocycles. The van der Waals surface area contributed by atoms with Crippen molar-refractivity contribution >= 4 is 0 Å². The normalized spacial score (nSPS) is 16.8. The zero-order chi connectivity index (χ0) is 13.7. The number of nitrogens with one attached hydrogen (secondary N) is 2. The lowest BCUT2D eigenvalue weighted by Crippen LogP contribution is -2.29. The van der Waals surface area contributed by atoms with Crippen LogP contribution in [0.3, 0.4) is 0 Å². The van der Waals surface area contributed by atoms with Crippen molar-refractivity contribution < 1.29 is 0 Å². The SMILES string of the molecule is Cc1ccc(CNCCC2CCNCC2)c(C)c1C. The van der Waals surface area contributed by atoms with Crippen molar-refractivity contribution in [2.24, 2.45) is 5.92 Å². The largest absolute Gasteiger partial charge is 0.317 e. The number of aryl methyl sites for hydroxylation is 1. The number of benzene rings is 1. The lowest BCUT2D eigenvalue weighted by Gasteiger charge is -2.22. The van der Waals surface area contributed by atoms with Gasteiger partial charge in [-0.25, -0.2) is 0 Å². The van der Waals surface area contributed by atoms with Gasteiger partial charge in [-0.15, -0.1) is 0 Å². The van der Waals surface area contributed by atoms with E-state index in [4.69, 9.17) is 0 Å². The second kappa shape index (κ2) is 7.06. The Bertz CT molecular complexity index is 406. The molecule has 0 saturated carbocycles. The molecule has 0 atom stereocenters. The van der Waals surface area contributed by atoms with Crippen LogP contribution >= 0.6 is 0 Å². The average Bonchev–Trinajstić information content (AvgIpc) is 2.44. The summed E-state index contributed by atoms with van der Waals surface area (Å²) in [6.07, 6.45) is 4.03. The minimum atomic E-state index is 0.926. The summed E-state index contributed by atoms with van der Waals surface area (Å²) in [5, 5.41) is 7.05. The second-order valence-corrected chi connectivity index (χ2v) is 5.95. The van der Waals surface area contributed by atoms with Crippen molar-refractivity contribution in [1.82, 2.24) is 10.6 Å². The molecule has 1 aliphatic rings. The van der Waals surface area contributed by atoms with Crippen molar-refractivity contribution in [3.8, 4) is 0 Å². The zero-order valence-electron chi connectivity index (χ0n) is 12.7. The van der Waals surface area contributed by atoms with Crippen molar-refractivity contribution in [1.29, 1.82) is 0 Å². The van der Waals surface area contributed by atoms with Gasteiger partial charge in [0.2, 0.25) is 0 Å². The van der Waals surface area contributed by atoms with E-state index in [0.29, 0.717) is 0 Å². The van der Waals surface area contributed by atoms with E-state index in [1.54, 1.807) is 0 Å². The Morgan fingerprint density at radius 2 is 1.84 bits per heavy atom. The van der Waals surface area contributed by atoms with E-state index in [2.05, 4.69) is 43.5 Å². The third-order valence-corrected chi connectivity index (χ3v) is 4.67. The molecule has 2 nitrogen and oxygen atoms in total. The highest BCUT2D eigenvalue weighted by Gasteiger charge is 2.12. The molecule has 2 N–H and O–H groups in total. The molecule has 19 heavy (non-hydrogen) atoms. The summed E-state index contributed by atoms with van der Waals surface area (Å²) in [5.74, 6) is 0.926. The van der Waals surface area contributed by atoms with Crippen molar-refractivity contribution in [3.05, 3.63) is 34.4 Å². The summed E-state index contributed by atoms with van der Waals surface area (Å²) in [6, 6.07) is 4.52. The predicted molar refractivity (Wildman–Crippen MR) is 82.6 cm³/mol. The van der Waals surface area contributed by atoms with Crippen LogP contribution in [0.1, 0.15) is 41.5 Å². The second-order valence-electron chi connectivity index (χ2n) is 5.95. The first-order valence-corrected chi connectivity index (χ1v) is 7.65. The molecule has 2 heteroatoms. The van der Waals surface area contributed by atoms with E-state index in [1.165, 1.54) is 54.6 Å². The number of piperidine rings is 1. The van der Waals surface area contributed by atoms with Gasteiger partial charge in [-0.3, -0.25) is 0 Å². The third-order valence-electron chi connectivity index (χ3n) is 4.67. The smallest absolute Gasteiger partial charge is 0.0208 e. The fraction of sp³-hybridized carbons (Fsp3) is 0.647. The molecule has 2 rings (SSSR count). The quantitative estimate of drug-likeness (QED) is 0.795. The van der Waals surface area contributed by atoms with Crippen LogP contribution in [0.2, 0.25) is 0 Å². The summed E-state index contributed by atoms with van der Waals surface area (Å²) in [7, 11) is 0. The Morgan fingerprint density at radius 1 is 1.11 bits per heavy atom. The fourth-order valence-corrected chi connectivity index (χ4v) is 2.90. The molecule has 0 radical (unpaired) electrons. The Kier molecular flexibility index (Phi) is 5.41. The molecule has 1 aromatic carbocycles. The summed E-state index contributed by atoms with van der Waals surface area (Å²) >= 11 is 0. The molecule has 0 spiro atoms. The molecule has 1 saturated heterocycles. The van der Waals surface area contributed by atoms with Crippen LogP contribution < -0.4 is 10.6 Å². The first-order chi connectivity index (χ1) is 9.18. The van der Waals surface area contributed by atoms with Gasteiger partial charge >= 0.3 is 0 Å². The average molecular weight is 260 g/mol. The molecule has 1 heterocycles. The van der Waals surface area contributed by atoms with Crippen molar-refractivity contribution in [3.63, 3.8) is 0 Å². The molecule has 0 amide bonds. The van der Waals surface area contributed by atoms with Gasteiger partial charge in [0.25, 0.3) is 0 Å². The minimum absolute atomic E-state index is 0.926. The van der Waals surface area contributed by atoms with E-state index in [9.17, 15) is 0 Å². The Labute approximate surface area is 118 Å². The molecule has 106 valence electrons. The van der Waals surface area contributed by atoms with Gasteiger partial charge in [-0.1, -0.05) is 12.1 Å². The highest BCUT2D eigenvalue weighted by molar-refractivity contribution is 5.38. The van der Waals surface area contributed by atoms with Gasteiger partial charge in [0, 0.05) is 6.54 Å². The van der Waals surface area contributed by atoms with Crippen LogP contribution in [-0.4, -0.2) is 19.6 Å². The number of hydrogen-bond donors (Lipinski definition) is 2. The molecule has 0 unspecified atom stereocenters. The van der Waals surface area contributed by atoms with Gasteiger partial charge in [0.05, 0.1) is 0 Å². The van der Waals surface area contributed by atoms with Crippen LogP contribution in [0.15, 0.2) is 12.1 Å². The topological polar surface area (TPSA) is 24.1 Å². The molecule has 0 aliphatic carbocycles. The Morgan fingerprint density at radius 3 is 2.58 bits per heavy atom. The monoisotopic (exact) mass is 260 g/mol. The maximum atomic E-state index is 3.62. The molecular formula is C17H28N2. The van der Waals surface area contributed by atoms with E-state index in [-0.39, 0.29) is 0 Å². The van der Waals surface area contributed by atoms with E-state index in [0.717, 1.165) is 19.0 Å². The third kappa shape index (κ3) is 4.05. The van der Waals surface area contributed by atoms with Gasteiger partial charge in [-0.2, -0.15) is 0 Å². The summed E-state index contributed by atoms with van der Waals surface area (Å²) in [6.45, 7) is 11.2. The lowest BCUT2D eigenvalue weighted by molar-refractivity contribution is 0.348. The molecular weight excluding hydrogens is 232 g/mol. The van der Waals surface area contributed by atoms with E-state index in [1.807, 2.05) is 0 Å². The van der Waals surface area contributed by atoms with Crippen LogP contribution in [0.5, 0.6) is 0 Å². The standard InChI is InChI=1S/C17H28N2/c1-13-4-5-17(15(3)14(13)2)12-19-11-8-16-6-9-18-10-7-16/h4-5,16,18-19H,6-12H2,1-3H3. The van der Waals surface area contributed by atoms with Crippen LogP contribution in [0, 0.1) is 26.7 Å². The molecule has 0 bridgehead atoms. The first-order valence-electron chi connectivity index (χ1n) is 7.65. The number of hydrogen-bond acceptors (Lipinski definition) is 2. The summed E-state index contributed by atoms with van der Waals surface area (Å²) < 4.78 is 0. The van der Waals surface area contributed by atoms with Crippen molar-refractivity contribution in [2.45, 2.75) is 46.6 Å². The van der Waals surface area contributed by atoms with Gasteiger partial charge < -0.3 is 10.6 Å². The Hall–Kier alpha value is -0.860. The highest BCUT2D eigenvalue weighted by atomic mass is 14.9. The lowest BCUT2D eigenvalue weighted by atomic mass is 9.94. The minimum Gasteiger partial charge on any atom is -0.317 e. The maximum absolute atomic E-state index is 3.62. The van der Waals surface area contributed by atoms with Crippen LogP contribution in [0.4, 0.5) is 0 Å². The summed E-state index contributed by atoms with van der Waals surface area (Å²) in [4.78, 5) is 0. The van der Waals surface area contributed by atoms with Gasteiger partial charge in [-0.05, 0) is 87.8 Å². The van der Waals surface area contributed by atoms with Gasteiger partial charge in [0.1, 0.15) is 0 Å². The highest BCUT2D eigenvalue weighted by Crippen LogP contribution is 2.17. The molecule has 1 fully saturated rings. The summed E-state index contributed by atoms with van der Waals surface area (Å²) in [5.41, 5.74) is 5.75. The number of rotatable bonds is 5. The van der Waals surface area contributed by atoms with Crippen molar-refractivity contribution in [2.75, 3.05) is 19.6 Å². The zero-order valence-corrected chi connectivity index (χ0v) is 12.7. The Balaban J connectivity index is 1.75. The fourth-order valence-electron chi connectivity index (χ4n) is 2.90. The van der Waals surface area contributed by atoms with Gasteiger partial charge in [0.15, 0.2) is 0 Å². The van der Waals surface area contributed by atoms with Crippen LogP contribution in [0.25, 0.3) is 0 Å². The van der Waals surface area contributed by atoms with E-state index < -0.39 is 0 Å². The molecule has 0 aromatic heterocycles. The predicted octanol–water partition coefficient (Wildman–Crippen LogP) is 3.09. The molecule has 1 aromatic rings. The maximum Gasteiger partial charge on any atom is 0.0208 e. The van der Waals surface area contributed by atoms with E-state index >= 15 is 0 Å².